The summed E-state index contributed by atoms with van der Waals surface area (Å²) in [6.45, 7) is 4.91. The summed E-state index contributed by atoms with van der Waals surface area (Å²) in [5.41, 5.74) is 1.31. The Hall–Kier alpha value is -2.89. The molecule has 194 valence electrons. The molecule has 1 saturated heterocycles. The fraction of sp³-hybridized carbons (Fsp3) is 0.440. The Morgan fingerprint density at radius 1 is 1.19 bits per heavy atom. The second kappa shape index (κ2) is 11.0. The Labute approximate surface area is 209 Å². The first-order valence-electron chi connectivity index (χ1n) is 11.8. The van der Waals surface area contributed by atoms with Gasteiger partial charge < -0.3 is 14.7 Å². The Balaban J connectivity index is 1.48. The molecule has 2 aliphatic rings. The third-order valence-corrected chi connectivity index (χ3v) is 9.01. The number of sulfonamides is 1. The molecule has 0 atom stereocenters. The van der Waals surface area contributed by atoms with Gasteiger partial charge in [0.2, 0.25) is 10.0 Å². The molecule has 0 amide bonds. The van der Waals surface area contributed by atoms with E-state index >= 15 is 0 Å². The number of nitrogens with one attached hydrogen (secondary N) is 1. The van der Waals surface area contributed by atoms with Crippen LogP contribution in [0.5, 0.6) is 0 Å². The van der Waals surface area contributed by atoms with E-state index in [1.165, 1.54) is 10.5 Å². The van der Waals surface area contributed by atoms with Crippen molar-refractivity contribution in [1.29, 1.82) is 5.41 Å². The molecule has 4 rings (SSSR count). The van der Waals surface area contributed by atoms with Gasteiger partial charge in [-0.25, -0.2) is 8.42 Å². The summed E-state index contributed by atoms with van der Waals surface area (Å²) in [4.78, 5) is 6.57. The zero-order valence-electron chi connectivity index (χ0n) is 19.8. The molecule has 1 aliphatic heterocycles. The van der Waals surface area contributed by atoms with Gasteiger partial charge in [0.15, 0.2) is 0 Å². The summed E-state index contributed by atoms with van der Waals surface area (Å²) in [5, 5.41) is 16.2. The van der Waals surface area contributed by atoms with Crippen molar-refractivity contribution in [3.63, 3.8) is 0 Å². The number of pyridine rings is 1. The van der Waals surface area contributed by atoms with E-state index < -0.39 is 27.6 Å². The van der Waals surface area contributed by atoms with Crippen molar-refractivity contribution in [2.45, 2.75) is 56.0 Å². The van der Waals surface area contributed by atoms with Gasteiger partial charge in [-0.3, -0.25) is 14.7 Å². The Morgan fingerprint density at radius 2 is 1.86 bits per heavy atom. The third-order valence-electron chi connectivity index (χ3n) is 6.74. The number of anilines is 1. The number of para-hydroxylation sites is 1. The van der Waals surface area contributed by atoms with Crippen LogP contribution in [0, 0.1) is 5.41 Å². The molecule has 2 aromatic rings. The normalized spacial score (nSPS) is 21.1. The number of aromatic nitrogens is 1. The molecule has 0 spiro atoms. The monoisotopic (exact) mass is 520 g/mol. The quantitative estimate of drug-likeness (QED) is 0.297. The lowest BCUT2D eigenvalue weighted by atomic mass is 9.87. The van der Waals surface area contributed by atoms with Crippen LogP contribution in [0.3, 0.4) is 0 Å². The van der Waals surface area contributed by atoms with E-state index in [-0.39, 0.29) is 18.4 Å². The van der Waals surface area contributed by atoms with Crippen molar-refractivity contribution < 1.29 is 27.0 Å². The number of halogens is 2. The predicted molar refractivity (Wildman–Crippen MR) is 133 cm³/mol. The highest BCUT2D eigenvalue weighted by molar-refractivity contribution is 7.93. The van der Waals surface area contributed by atoms with Crippen LogP contribution < -0.4 is 4.31 Å². The number of aliphatic hydroxyl groups is 1. The lowest BCUT2D eigenvalue weighted by Crippen LogP contribution is -2.52. The number of hydrogen-bond acceptors (Lipinski definition) is 7. The minimum atomic E-state index is -3.71. The molecule has 1 aliphatic carbocycles. The SMILES string of the molecule is C=C(OC(=N)C(F)F)c1ccc(CN(c2ccccc2)S(=O)(=O)C2CCN(C3CC(O)C3)CC2)nc1. The first kappa shape index (κ1) is 26.2. The molecule has 0 bridgehead atoms. The molecule has 0 unspecified atom stereocenters. The van der Waals surface area contributed by atoms with Gasteiger partial charge in [-0.05, 0) is 63.0 Å². The average Bonchev–Trinajstić information content (AvgIpc) is 2.86. The lowest BCUT2D eigenvalue weighted by molar-refractivity contribution is -0.00510. The second-order valence-corrected chi connectivity index (χ2v) is 11.3. The van der Waals surface area contributed by atoms with E-state index in [0.717, 1.165) is 12.8 Å². The maximum absolute atomic E-state index is 13.8. The van der Waals surface area contributed by atoms with Crippen molar-refractivity contribution in [3.8, 4) is 0 Å². The summed E-state index contributed by atoms with van der Waals surface area (Å²) in [6.07, 6.45) is 0.578. The van der Waals surface area contributed by atoms with Crippen LogP contribution in [-0.4, -0.2) is 66.2 Å². The number of benzene rings is 1. The van der Waals surface area contributed by atoms with Gasteiger partial charge in [-0.15, -0.1) is 0 Å². The van der Waals surface area contributed by atoms with E-state index in [9.17, 15) is 22.3 Å². The Morgan fingerprint density at radius 3 is 2.42 bits per heavy atom. The molecular weight excluding hydrogens is 490 g/mol. The molecule has 8 nitrogen and oxygen atoms in total. The van der Waals surface area contributed by atoms with Crippen LogP contribution in [0.4, 0.5) is 14.5 Å². The highest BCUT2D eigenvalue weighted by Gasteiger charge is 2.39. The number of hydrogen-bond donors (Lipinski definition) is 2. The van der Waals surface area contributed by atoms with Crippen molar-refractivity contribution in [2.24, 2.45) is 0 Å². The number of likely N-dealkylation sites (tertiary alicyclic amines) is 1. The Bertz CT molecular complexity index is 1160. The largest absolute Gasteiger partial charge is 0.438 e. The maximum atomic E-state index is 13.8. The van der Waals surface area contributed by atoms with Crippen molar-refractivity contribution >= 4 is 27.4 Å². The van der Waals surface area contributed by atoms with Crippen LogP contribution in [0.2, 0.25) is 0 Å². The molecule has 2 fully saturated rings. The van der Waals surface area contributed by atoms with Crippen LogP contribution in [-0.2, 0) is 21.3 Å². The number of piperidine rings is 1. The number of ether oxygens (including phenoxy) is 1. The smallest absolute Gasteiger partial charge is 0.312 e. The zero-order valence-corrected chi connectivity index (χ0v) is 20.6. The maximum Gasteiger partial charge on any atom is 0.312 e. The number of aliphatic hydroxyl groups excluding tert-OH is 1. The minimum Gasteiger partial charge on any atom is -0.438 e. The van der Waals surface area contributed by atoms with Gasteiger partial charge in [-0.2, -0.15) is 8.78 Å². The summed E-state index contributed by atoms with van der Waals surface area (Å²) >= 11 is 0. The zero-order chi connectivity index (χ0) is 25.9. The van der Waals surface area contributed by atoms with Gasteiger partial charge in [0.05, 0.1) is 29.3 Å². The summed E-state index contributed by atoms with van der Waals surface area (Å²) < 4.78 is 58.8. The number of rotatable bonds is 9. The third kappa shape index (κ3) is 5.91. The van der Waals surface area contributed by atoms with E-state index in [4.69, 9.17) is 10.1 Å². The van der Waals surface area contributed by atoms with E-state index in [1.54, 1.807) is 36.4 Å². The van der Waals surface area contributed by atoms with Crippen molar-refractivity contribution in [2.75, 3.05) is 17.4 Å². The second-order valence-electron chi connectivity index (χ2n) is 9.13. The predicted octanol–water partition coefficient (Wildman–Crippen LogP) is 3.64. The van der Waals surface area contributed by atoms with E-state index in [2.05, 4.69) is 16.5 Å². The van der Waals surface area contributed by atoms with Crippen LogP contribution in [0.25, 0.3) is 5.76 Å². The summed E-state index contributed by atoms with van der Waals surface area (Å²) in [5.74, 6) is -1.34. The lowest BCUT2D eigenvalue weighted by Gasteiger charge is -2.44. The molecule has 11 heteroatoms. The summed E-state index contributed by atoms with van der Waals surface area (Å²) in [6, 6.07) is 12.3. The Kier molecular flexibility index (Phi) is 8.01. The highest BCUT2D eigenvalue weighted by atomic mass is 32.2. The van der Waals surface area contributed by atoms with Gasteiger partial charge in [0.25, 0.3) is 5.90 Å². The molecule has 0 radical (unpaired) electrons. The first-order valence-corrected chi connectivity index (χ1v) is 13.3. The van der Waals surface area contributed by atoms with E-state index in [1.807, 2.05) is 6.07 Å². The molecule has 1 saturated carbocycles. The topological polar surface area (TPSA) is 107 Å². The molecule has 2 N–H and O–H groups in total. The summed E-state index contributed by atoms with van der Waals surface area (Å²) in [7, 11) is -3.71. The standard InChI is InChI=1S/C25H30F2N4O4S/c1-17(35-25(28)24(26)27)18-7-8-19(29-15-18)16-31(20-5-3-2-4-6-20)36(33,34)23-9-11-30(12-10-23)21-13-22(32)14-21/h2-8,15,21-24,28,32H,1,9-14,16H2. The fourth-order valence-electron chi connectivity index (χ4n) is 4.56. The van der Waals surface area contributed by atoms with Crippen LogP contribution in [0.15, 0.2) is 55.2 Å². The van der Waals surface area contributed by atoms with Crippen LogP contribution >= 0.6 is 0 Å². The van der Waals surface area contributed by atoms with Crippen molar-refractivity contribution in [3.05, 3.63) is 66.5 Å². The molecule has 2 heterocycles. The van der Waals surface area contributed by atoms with Gasteiger partial charge in [-0.1, -0.05) is 24.8 Å². The molecule has 1 aromatic heterocycles. The van der Waals surface area contributed by atoms with Gasteiger partial charge in [0.1, 0.15) is 5.76 Å². The van der Waals surface area contributed by atoms with Gasteiger partial charge in [0, 0.05) is 17.8 Å². The van der Waals surface area contributed by atoms with E-state index in [0.29, 0.717) is 48.9 Å². The van der Waals surface area contributed by atoms with Crippen molar-refractivity contribution in [1.82, 2.24) is 9.88 Å². The minimum absolute atomic E-state index is 0.00183. The molecule has 36 heavy (non-hydrogen) atoms. The molecular formula is C25H30F2N4O4S. The number of alkyl halides is 2. The highest BCUT2D eigenvalue weighted by Crippen LogP contribution is 2.32. The average molecular weight is 521 g/mol. The number of nitrogens with zero attached hydrogens (tertiary/aromatic N) is 3. The fourth-order valence-corrected chi connectivity index (χ4v) is 6.46. The van der Waals surface area contributed by atoms with Gasteiger partial charge >= 0.3 is 6.43 Å². The molecule has 1 aromatic carbocycles. The van der Waals surface area contributed by atoms with Crippen LogP contribution in [0.1, 0.15) is 36.9 Å². The first-order chi connectivity index (χ1) is 17.1.